The number of likely N-dealkylation sites (tertiary alicyclic amines) is 1. The number of anilines is 2. The number of rotatable bonds is 11. The summed E-state index contributed by atoms with van der Waals surface area (Å²) in [5.74, 6) is 2.57. The third-order valence-electron chi connectivity index (χ3n) is 5.43. The van der Waals surface area contributed by atoms with E-state index in [-0.39, 0.29) is 0 Å². The third-order valence-corrected chi connectivity index (χ3v) is 5.96. The summed E-state index contributed by atoms with van der Waals surface area (Å²) in [6, 6.07) is 18.8. The largest absolute Gasteiger partial charge is 0.494 e. The molecule has 6 nitrogen and oxygen atoms in total. The van der Waals surface area contributed by atoms with Gasteiger partial charge >= 0.3 is 0 Å². The molecule has 7 heteroatoms. The van der Waals surface area contributed by atoms with Crippen molar-refractivity contribution in [2.24, 2.45) is 0 Å². The molecule has 3 aromatic rings. The van der Waals surface area contributed by atoms with Gasteiger partial charge in [-0.15, -0.1) is 0 Å². The summed E-state index contributed by atoms with van der Waals surface area (Å²) in [7, 11) is 0. The van der Waals surface area contributed by atoms with E-state index in [0.29, 0.717) is 6.61 Å². The van der Waals surface area contributed by atoms with E-state index in [9.17, 15) is 0 Å². The Labute approximate surface area is 189 Å². The molecule has 1 aliphatic rings. The number of piperidine rings is 1. The zero-order valence-corrected chi connectivity index (χ0v) is 18.7. The van der Waals surface area contributed by atoms with Gasteiger partial charge in [-0.25, -0.2) is 0 Å². The molecule has 2 N–H and O–H groups in total. The lowest BCUT2D eigenvalue weighted by Crippen LogP contribution is -2.29. The quantitative estimate of drug-likeness (QED) is 0.411. The van der Waals surface area contributed by atoms with E-state index in [1.54, 1.807) is 0 Å². The molecule has 0 aliphatic carbocycles. The number of nitrogens with one attached hydrogen (secondary N) is 2. The van der Waals surface area contributed by atoms with E-state index >= 15 is 0 Å². The SMILES string of the molecule is c1ccc(CNc2nsnc2NCCCOc2cccc(CN3CCCCC3)c2)cc1. The second kappa shape index (κ2) is 11.7. The average Bonchev–Trinajstić information content (AvgIpc) is 3.26. The van der Waals surface area contributed by atoms with Crippen LogP contribution in [0, 0.1) is 0 Å². The first kappa shape index (κ1) is 21.6. The van der Waals surface area contributed by atoms with Crippen LogP contribution in [0.15, 0.2) is 54.6 Å². The standard InChI is InChI=1S/C24H31N5OS/c1-3-9-20(10-4-1)18-26-24-23(27-31-28-24)25-13-8-16-30-22-12-7-11-21(17-22)19-29-14-5-2-6-15-29/h1,3-4,7,9-12,17H,2,5-6,8,13-16,18-19H2,(H,25,27)(H,26,28). The van der Waals surface area contributed by atoms with Crippen LogP contribution in [0.2, 0.25) is 0 Å². The van der Waals surface area contributed by atoms with Gasteiger partial charge in [0, 0.05) is 19.6 Å². The summed E-state index contributed by atoms with van der Waals surface area (Å²) in [5.41, 5.74) is 2.55. The normalized spacial score (nSPS) is 14.3. The van der Waals surface area contributed by atoms with E-state index in [4.69, 9.17) is 4.74 Å². The molecule has 31 heavy (non-hydrogen) atoms. The van der Waals surface area contributed by atoms with Crippen LogP contribution in [0.5, 0.6) is 5.75 Å². The molecule has 2 heterocycles. The van der Waals surface area contributed by atoms with Crippen molar-refractivity contribution in [2.75, 3.05) is 36.9 Å². The van der Waals surface area contributed by atoms with E-state index < -0.39 is 0 Å². The number of ether oxygens (including phenoxy) is 1. The summed E-state index contributed by atoms with van der Waals surface area (Å²) in [6.07, 6.45) is 4.91. The van der Waals surface area contributed by atoms with Gasteiger partial charge in [0.2, 0.25) is 0 Å². The van der Waals surface area contributed by atoms with E-state index in [2.05, 4.69) is 54.6 Å². The molecule has 1 fully saturated rings. The number of hydrogen-bond donors (Lipinski definition) is 2. The molecule has 0 bridgehead atoms. The van der Waals surface area contributed by atoms with E-state index in [1.807, 2.05) is 24.3 Å². The molecule has 4 rings (SSSR count). The lowest BCUT2D eigenvalue weighted by molar-refractivity contribution is 0.220. The van der Waals surface area contributed by atoms with Crippen LogP contribution < -0.4 is 15.4 Å². The van der Waals surface area contributed by atoms with Crippen molar-refractivity contribution >= 4 is 23.4 Å². The van der Waals surface area contributed by atoms with Crippen molar-refractivity contribution in [3.8, 4) is 5.75 Å². The van der Waals surface area contributed by atoms with Gasteiger partial charge in [-0.1, -0.05) is 48.9 Å². The number of hydrogen-bond acceptors (Lipinski definition) is 7. The molecular weight excluding hydrogens is 406 g/mol. The highest BCUT2D eigenvalue weighted by Crippen LogP contribution is 2.20. The van der Waals surface area contributed by atoms with Gasteiger partial charge in [0.25, 0.3) is 0 Å². The van der Waals surface area contributed by atoms with Crippen LogP contribution >= 0.6 is 11.7 Å². The summed E-state index contributed by atoms with van der Waals surface area (Å²) < 4.78 is 14.7. The van der Waals surface area contributed by atoms with Crippen molar-refractivity contribution in [1.82, 2.24) is 13.6 Å². The lowest BCUT2D eigenvalue weighted by Gasteiger charge is -2.26. The Balaban J connectivity index is 1.16. The predicted molar refractivity (Wildman–Crippen MR) is 128 cm³/mol. The zero-order valence-electron chi connectivity index (χ0n) is 17.9. The summed E-state index contributed by atoms with van der Waals surface area (Å²) in [6.45, 7) is 5.64. The Hall–Kier alpha value is -2.64. The maximum Gasteiger partial charge on any atom is 0.184 e. The Morgan fingerprint density at radius 1 is 0.871 bits per heavy atom. The Kier molecular flexibility index (Phi) is 8.13. The minimum absolute atomic E-state index is 0.671. The van der Waals surface area contributed by atoms with Gasteiger partial charge in [-0.05, 0) is 55.6 Å². The number of nitrogens with zero attached hydrogens (tertiary/aromatic N) is 3. The fourth-order valence-corrected chi connectivity index (χ4v) is 4.29. The molecule has 1 aromatic heterocycles. The Morgan fingerprint density at radius 3 is 2.48 bits per heavy atom. The second-order valence-electron chi connectivity index (χ2n) is 7.91. The maximum atomic E-state index is 5.98. The summed E-state index contributed by atoms with van der Waals surface area (Å²) >= 11 is 1.22. The van der Waals surface area contributed by atoms with Crippen molar-refractivity contribution in [1.29, 1.82) is 0 Å². The van der Waals surface area contributed by atoms with Crippen molar-refractivity contribution < 1.29 is 4.74 Å². The van der Waals surface area contributed by atoms with Gasteiger partial charge < -0.3 is 15.4 Å². The smallest absolute Gasteiger partial charge is 0.184 e. The topological polar surface area (TPSA) is 62.3 Å². The molecule has 0 radical (unpaired) electrons. The highest BCUT2D eigenvalue weighted by Gasteiger charge is 2.11. The highest BCUT2D eigenvalue weighted by molar-refractivity contribution is 6.99. The molecule has 2 aromatic carbocycles. The van der Waals surface area contributed by atoms with E-state index in [1.165, 1.54) is 55.2 Å². The summed E-state index contributed by atoms with van der Waals surface area (Å²) in [5, 5.41) is 6.72. The molecule has 0 spiro atoms. The van der Waals surface area contributed by atoms with Gasteiger partial charge in [0.05, 0.1) is 18.3 Å². The van der Waals surface area contributed by atoms with Crippen molar-refractivity contribution in [3.05, 3.63) is 65.7 Å². The van der Waals surface area contributed by atoms with Crippen LogP contribution in [0.4, 0.5) is 11.6 Å². The molecule has 1 aliphatic heterocycles. The first-order valence-corrected chi connectivity index (χ1v) is 11.9. The third kappa shape index (κ3) is 6.94. The van der Waals surface area contributed by atoms with Gasteiger partial charge in [-0.2, -0.15) is 8.75 Å². The first-order valence-electron chi connectivity index (χ1n) is 11.2. The molecule has 1 saturated heterocycles. The van der Waals surface area contributed by atoms with Crippen molar-refractivity contribution in [2.45, 2.75) is 38.8 Å². The molecule has 0 unspecified atom stereocenters. The van der Waals surface area contributed by atoms with Gasteiger partial charge in [-0.3, -0.25) is 4.90 Å². The Bertz CT molecular complexity index is 911. The number of benzene rings is 2. The van der Waals surface area contributed by atoms with Gasteiger partial charge in [0.15, 0.2) is 11.6 Å². The highest BCUT2D eigenvalue weighted by atomic mass is 32.1. The van der Waals surface area contributed by atoms with Crippen LogP contribution in [-0.2, 0) is 13.1 Å². The van der Waals surface area contributed by atoms with Crippen LogP contribution in [-0.4, -0.2) is 39.9 Å². The van der Waals surface area contributed by atoms with E-state index in [0.717, 1.165) is 43.4 Å². The molecule has 0 amide bonds. The molecule has 164 valence electrons. The second-order valence-corrected chi connectivity index (χ2v) is 8.44. The fourth-order valence-electron chi connectivity index (χ4n) is 3.78. The predicted octanol–water partition coefficient (Wildman–Crippen LogP) is 5.02. The monoisotopic (exact) mass is 437 g/mol. The van der Waals surface area contributed by atoms with Gasteiger partial charge in [0.1, 0.15) is 5.75 Å². The first-order chi connectivity index (χ1) is 15.4. The number of aromatic nitrogens is 2. The van der Waals surface area contributed by atoms with Crippen LogP contribution in [0.1, 0.15) is 36.8 Å². The minimum Gasteiger partial charge on any atom is -0.494 e. The molecule has 0 saturated carbocycles. The summed E-state index contributed by atoms with van der Waals surface area (Å²) in [4.78, 5) is 2.54. The molecule has 0 atom stereocenters. The van der Waals surface area contributed by atoms with Crippen molar-refractivity contribution in [3.63, 3.8) is 0 Å². The zero-order chi connectivity index (χ0) is 21.1. The van der Waals surface area contributed by atoms with Crippen LogP contribution in [0.25, 0.3) is 0 Å². The maximum absolute atomic E-state index is 5.98. The van der Waals surface area contributed by atoms with Crippen LogP contribution in [0.3, 0.4) is 0 Å². The minimum atomic E-state index is 0.671. The Morgan fingerprint density at radius 2 is 1.65 bits per heavy atom. The lowest BCUT2D eigenvalue weighted by atomic mass is 10.1. The fraction of sp³-hybridized carbons (Fsp3) is 0.417. The molecular formula is C24H31N5OS. The average molecular weight is 438 g/mol.